The van der Waals surface area contributed by atoms with E-state index in [9.17, 15) is 4.79 Å². The molecule has 1 fully saturated rings. The van der Waals surface area contributed by atoms with Gasteiger partial charge in [-0.25, -0.2) is 4.98 Å². The number of ether oxygens (including phenoxy) is 1. The number of amides is 1. The van der Waals surface area contributed by atoms with Crippen molar-refractivity contribution in [3.05, 3.63) is 35.7 Å². The molecule has 3 rings (SSSR count). The van der Waals surface area contributed by atoms with Gasteiger partial charge in [-0.1, -0.05) is 6.92 Å². The van der Waals surface area contributed by atoms with Gasteiger partial charge in [-0.3, -0.25) is 9.89 Å². The number of nitrogens with one attached hydrogen (secondary N) is 1. The van der Waals surface area contributed by atoms with Gasteiger partial charge in [-0.05, 0) is 18.6 Å². The standard InChI is InChI=1S/C15H21N5O2/c1-3-5-13-16-14(18-17-13)12-10-20(8-9-22-12)15(21)11-6-4-7-19(11)2/h4,6-7,12H,3,5,8-10H2,1-2H3,(H,16,17,18)/t12-/m1/s1. The molecule has 2 aromatic heterocycles. The van der Waals surface area contributed by atoms with Crippen LogP contribution in [0.4, 0.5) is 0 Å². The van der Waals surface area contributed by atoms with Crippen molar-refractivity contribution >= 4 is 5.91 Å². The maximum absolute atomic E-state index is 12.6. The van der Waals surface area contributed by atoms with E-state index in [0.717, 1.165) is 18.7 Å². The summed E-state index contributed by atoms with van der Waals surface area (Å²) in [5.41, 5.74) is 0.683. The van der Waals surface area contributed by atoms with Crippen LogP contribution in [0.3, 0.4) is 0 Å². The summed E-state index contributed by atoms with van der Waals surface area (Å²) >= 11 is 0. The second-order valence-electron chi connectivity index (χ2n) is 5.51. The highest BCUT2D eigenvalue weighted by Gasteiger charge is 2.29. The third-order valence-corrected chi connectivity index (χ3v) is 3.84. The van der Waals surface area contributed by atoms with Crippen molar-refractivity contribution in [2.45, 2.75) is 25.9 Å². The summed E-state index contributed by atoms with van der Waals surface area (Å²) in [6.07, 6.45) is 3.49. The molecular weight excluding hydrogens is 282 g/mol. The smallest absolute Gasteiger partial charge is 0.270 e. The Morgan fingerprint density at radius 1 is 1.55 bits per heavy atom. The van der Waals surface area contributed by atoms with Crippen LogP contribution in [0.5, 0.6) is 0 Å². The van der Waals surface area contributed by atoms with Gasteiger partial charge in [0.25, 0.3) is 5.91 Å². The molecule has 1 aliphatic heterocycles. The molecule has 0 saturated carbocycles. The molecule has 2 aromatic rings. The van der Waals surface area contributed by atoms with Crippen molar-refractivity contribution in [3.63, 3.8) is 0 Å². The molecule has 1 saturated heterocycles. The first-order chi connectivity index (χ1) is 10.7. The average Bonchev–Trinajstić information content (AvgIpc) is 3.16. The second kappa shape index (κ2) is 6.31. The van der Waals surface area contributed by atoms with E-state index in [1.165, 1.54) is 0 Å². The topological polar surface area (TPSA) is 76.0 Å². The first kappa shape index (κ1) is 14.8. The molecule has 7 nitrogen and oxygen atoms in total. The predicted molar refractivity (Wildman–Crippen MR) is 80.4 cm³/mol. The minimum Gasteiger partial charge on any atom is -0.366 e. The molecule has 1 atom stereocenters. The van der Waals surface area contributed by atoms with Gasteiger partial charge in [0, 0.05) is 26.2 Å². The number of aromatic amines is 1. The van der Waals surface area contributed by atoms with Crippen LogP contribution in [-0.4, -0.2) is 50.3 Å². The summed E-state index contributed by atoms with van der Waals surface area (Å²) in [6.45, 7) is 3.66. The Morgan fingerprint density at radius 2 is 2.41 bits per heavy atom. The minimum atomic E-state index is -0.264. The molecular formula is C15H21N5O2. The van der Waals surface area contributed by atoms with Gasteiger partial charge >= 0.3 is 0 Å². The molecule has 3 heterocycles. The van der Waals surface area contributed by atoms with Crippen molar-refractivity contribution in [1.29, 1.82) is 0 Å². The van der Waals surface area contributed by atoms with Crippen LogP contribution in [0.25, 0.3) is 0 Å². The molecule has 1 N–H and O–H groups in total. The Bertz CT molecular complexity index is 648. The normalized spacial score (nSPS) is 18.6. The molecule has 22 heavy (non-hydrogen) atoms. The van der Waals surface area contributed by atoms with Gasteiger partial charge in [0.2, 0.25) is 0 Å². The summed E-state index contributed by atoms with van der Waals surface area (Å²) in [4.78, 5) is 18.8. The molecule has 0 aliphatic carbocycles. The molecule has 0 aromatic carbocycles. The van der Waals surface area contributed by atoms with Gasteiger partial charge in [0.15, 0.2) is 5.82 Å². The largest absolute Gasteiger partial charge is 0.366 e. The van der Waals surface area contributed by atoms with Crippen LogP contribution >= 0.6 is 0 Å². The lowest BCUT2D eigenvalue weighted by Gasteiger charge is -2.31. The van der Waals surface area contributed by atoms with E-state index >= 15 is 0 Å². The van der Waals surface area contributed by atoms with Gasteiger partial charge in [-0.15, -0.1) is 0 Å². The lowest BCUT2D eigenvalue weighted by Crippen LogP contribution is -2.43. The number of hydrogen-bond acceptors (Lipinski definition) is 4. The molecule has 0 spiro atoms. The lowest BCUT2D eigenvalue weighted by molar-refractivity contribution is -0.0269. The Hall–Kier alpha value is -2.15. The van der Waals surface area contributed by atoms with Crippen LogP contribution < -0.4 is 0 Å². The third kappa shape index (κ3) is 2.89. The van der Waals surface area contributed by atoms with Gasteiger partial charge in [0.05, 0.1) is 13.2 Å². The van der Waals surface area contributed by atoms with Crippen molar-refractivity contribution < 1.29 is 9.53 Å². The number of morpholine rings is 1. The van der Waals surface area contributed by atoms with E-state index in [-0.39, 0.29) is 12.0 Å². The number of nitrogens with zero attached hydrogens (tertiary/aromatic N) is 4. The fourth-order valence-electron chi connectivity index (χ4n) is 2.64. The van der Waals surface area contributed by atoms with Crippen molar-refractivity contribution in [2.24, 2.45) is 7.05 Å². The number of carbonyl (C=O) groups is 1. The molecule has 0 bridgehead atoms. The summed E-state index contributed by atoms with van der Waals surface area (Å²) in [7, 11) is 1.87. The Balaban J connectivity index is 1.71. The summed E-state index contributed by atoms with van der Waals surface area (Å²) < 4.78 is 7.57. The van der Waals surface area contributed by atoms with Crippen LogP contribution in [0.2, 0.25) is 0 Å². The highest BCUT2D eigenvalue weighted by molar-refractivity contribution is 5.92. The van der Waals surface area contributed by atoms with Crippen LogP contribution in [0.15, 0.2) is 18.3 Å². The quantitative estimate of drug-likeness (QED) is 0.924. The zero-order valence-corrected chi connectivity index (χ0v) is 13.0. The average molecular weight is 303 g/mol. The zero-order valence-electron chi connectivity index (χ0n) is 13.0. The van der Waals surface area contributed by atoms with E-state index in [2.05, 4.69) is 22.1 Å². The molecule has 0 radical (unpaired) electrons. The third-order valence-electron chi connectivity index (χ3n) is 3.84. The first-order valence-corrected chi connectivity index (χ1v) is 7.62. The van der Waals surface area contributed by atoms with E-state index in [1.54, 1.807) is 4.90 Å². The Morgan fingerprint density at radius 3 is 3.14 bits per heavy atom. The van der Waals surface area contributed by atoms with Gasteiger partial charge < -0.3 is 14.2 Å². The van der Waals surface area contributed by atoms with E-state index < -0.39 is 0 Å². The second-order valence-corrected chi connectivity index (χ2v) is 5.51. The lowest BCUT2D eigenvalue weighted by atomic mass is 10.2. The summed E-state index contributed by atoms with van der Waals surface area (Å²) in [5.74, 6) is 1.52. The fourth-order valence-corrected chi connectivity index (χ4v) is 2.64. The number of H-pyrrole nitrogens is 1. The Kier molecular flexibility index (Phi) is 4.24. The van der Waals surface area contributed by atoms with E-state index in [1.807, 2.05) is 29.9 Å². The van der Waals surface area contributed by atoms with Crippen molar-refractivity contribution in [3.8, 4) is 0 Å². The molecule has 118 valence electrons. The number of hydrogen-bond donors (Lipinski definition) is 1. The van der Waals surface area contributed by atoms with Gasteiger partial charge in [0.1, 0.15) is 17.6 Å². The fraction of sp³-hybridized carbons (Fsp3) is 0.533. The summed E-state index contributed by atoms with van der Waals surface area (Å²) in [5, 5.41) is 7.16. The maximum atomic E-state index is 12.6. The van der Waals surface area contributed by atoms with E-state index in [4.69, 9.17) is 4.74 Å². The highest BCUT2D eigenvalue weighted by Crippen LogP contribution is 2.20. The number of aryl methyl sites for hydroxylation is 2. The van der Waals surface area contributed by atoms with Crippen LogP contribution in [0, 0.1) is 0 Å². The number of aromatic nitrogens is 4. The molecule has 1 amide bonds. The molecule has 0 unspecified atom stereocenters. The zero-order chi connectivity index (χ0) is 15.5. The highest BCUT2D eigenvalue weighted by atomic mass is 16.5. The molecule has 7 heteroatoms. The van der Waals surface area contributed by atoms with Crippen LogP contribution in [0.1, 0.15) is 41.6 Å². The maximum Gasteiger partial charge on any atom is 0.270 e. The SMILES string of the molecule is CCCc1nc([C@H]2CN(C(=O)c3cccn3C)CCO2)n[nH]1. The monoisotopic (exact) mass is 303 g/mol. The Labute approximate surface area is 129 Å². The number of carbonyl (C=O) groups excluding carboxylic acids is 1. The predicted octanol–water partition coefficient (Wildman–Crippen LogP) is 1.31. The van der Waals surface area contributed by atoms with Crippen LogP contribution in [-0.2, 0) is 18.2 Å². The van der Waals surface area contributed by atoms with E-state index in [0.29, 0.717) is 31.2 Å². The summed E-state index contributed by atoms with van der Waals surface area (Å²) in [6, 6.07) is 3.70. The van der Waals surface area contributed by atoms with Crippen molar-refractivity contribution in [1.82, 2.24) is 24.6 Å². The first-order valence-electron chi connectivity index (χ1n) is 7.62. The molecule has 1 aliphatic rings. The minimum absolute atomic E-state index is 0.0186. The number of rotatable bonds is 4. The van der Waals surface area contributed by atoms with Crippen molar-refractivity contribution in [2.75, 3.05) is 19.7 Å². The van der Waals surface area contributed by atoms with Gasteiger partial charge in [-0.2, -0.15) is 5.10 Å².